The monoisotopic (exact) mass is 285 g/mol. The van der Waals surface area contributed by atoms with Crippen molar-refractivity contribution in [1.29, 1.82) is 5.26 Å². The molecule has 0 heterocycles. The molecule has 2 nitrogen and oxygen atoms in total. The topological polar surface area (TPSA) is 33.0 Å². The van der Waals surface area contributed by atoms with E-state index in [-0.39, 0.29) is 5.92 Å². The van der Waals surface area contributed by atoms with E-state index in [9.17, 15) is 5.26 Å². The van der Waals surface area contributed by atoms with Crippen molar-refractivity contribution in [2.24, 2.45) is 0 Å². The first-order chi connectivity index (χ1) is 10.9. The van der Waals surface area contributed by atoms with Gasteiger partial charge in [0.2, 0.25) is 0 Å². The van der Waals surface area contributed by atoms with Crippen LogP contribution in [0.15, 0.2) is 84.9 Å². The minimum absolute atomic E-state index is 0.257. The van der Waals surface area contributed by atoms with Crippen molar-refractivity contribution in [2.45, 2.75) is 5.92 Å². The quantitative estimate of drug-likeness (QED) is 0.665. The summed E-state index contributed by atoms with van der Waals surface area (Å²) >= 11 is 0. The van der Waals surface area contributed by atoms with Gasteiger partial charge in [0.05, 0.1) is 12.0 Å². The van der Waals surface area contributed by atoms with Crippen molar-refractivity contribution in [3.05, 3.63) is 96.1 Å². The molecule has 0 spiro atoms. The van der Waals surface area contributed by atoms with Crippen molar-refractivity contribution in [2.75, 3.05) is 0 Å². The Bertz CT molecular complexity index is 758. The number of ether oxygens (including phenoxy) is 1. The highest BCUT2D eigenvalue weighted by molar-refractivity contribution is 5.41. The lowest BCUT2D eigenvalue weighted by Gasteiger charge is -2.11. The maximum atomic E-state index is 9.46. The van der Waals surface area contributed by atoms with Crippen LogP contribution in [0, 0.1) is 11.3 Å². The van der Waals surface area contributed by atoms with E-state index < -0.39 is 0 Å². The normalized spacial score (nSPS) is 11.4. The van der Waals surface area contributed by atoms with Gasteiger partial charge in [-0.25, -0.2) is 0 Å². The molecule has 0 radical (unpaired) electrons. The summed E-state index contributed by atoms with van der Waals surface area (Å²) in [5.41, 5.74) is 1.97. The molecular weight excluding hydrogens is 270 g/mol. The van der Waals surface area contributed by atoms with E-state index >= 15 is 0 Å². The van der Waals surface area contributed by atoms with Crippen LogP contribution < -0.4 is 4.74 Å². The number of hydrogen-bond acceptors (Lipinski definition) is 2. The molecule has 3 rings (SSSR count). The number of rotatable bonds is 4. The molecular formula is C20H15NO. The molecule has 0 aromatic heterocycles. The van der Waals surface area contributed by atoms with Crippen LogP contribution in [0.2, 0.25) is 0 Å². The molecule has 0 bridgehead atoms. The van der Waals surface area contributed by atoms with E-state index in [1.807, 2.05) is 84.9 Å². The van der Waals surface area contributed by atoms with E-state index in [1.54, 1.807) is 0 Å². The van der Waals surface area contributed by atoms with Gasteiger partial charge in [0.15, 0.2) is 0 Å². The fourth-order valence-corrected chi connectivity index (χ4v) is 2.34. The second-order valence-corrected chi connectivity index (χ2v) is 4.96. The van der Waals surface area contributed by atoms with E-state index in [0.717, 1.165) is 22.6 Å². The first kappa shape index (κ1) is 13.9. The van der Waals surface area contributed by atoms with E-state index in [0.29, 0.717) is 0 Å². The summed E-state index contributed by atoms with van der Waals surface area (Å²) in [5, 5.41) is 9.46. The Balaban J connectivity index is 1.80. The van der Waals surface area contributed by atoms with Gasteiger partial charge < -0.3 is 4.74 Å². The zero-order valence-corrected chi connectivity index (χ0v) is 12.0. The number of hydrogen-bond donors (Lipinski definition) is 0. The Hall–Kier alpha value is -3.05. The predicted molar refractivity (Wildman–Crippen MR) is 86.9 cm³/mol. The summed E-state index contributed by atoms with van der Waals surface area (Å²) in [6, 6.07) is 29.5. The minimum Gasteiger partial charge on any atom is -0.457 e. The molecule has 1 unspecified atom stereocenters. The number of nitrogens with zero attached hydrogens (tertiary/aromatic N) is 1. The summed E-state index contributed by atoms with van der Waals surface area (Å²) in [7, 11) is 0. The summed E-state index contributed by atoms with van der Waals surface area (Å²) < 4.78 is 5.77. The van der Waals surface area contributed by atoms with Crippen LogP contribution in [-0.4, -0.2) is 0 Å². The largest absolute Gasteiger partial charge is 0.457 e. The first-order valence-corrected chi connectivity index (χ1v) is 7.14. The molecule has 0 aliphatic rings. The standard InChI is InChI=1S/C20H15NO/c21-15-20(16-7-3-1-4-8-16)17-11-13-19(14-12-17)22-18-9-5-2-6-10-18/h1-14,20H. The maximum Gasteiger partial charge on any atom is 0.127 e. The third-order valence-electron chi connectivity index (χ3n) is 3.45. The van der Waals surface area contributed by atoms with Crippen LogP contribution in [0.4, 0.5) is 0 Å². The summed E-state index contributed by atoms with van der Waals surface area (Å²) in [6.45, 7) is 0. The highest BCUT2D eigenvalue weighted by Crippen LogP contribution is 2.27. The second-order valence-electron chi connectivity index (χ2n) is 4.96. The van der Waals surface area contributed by atoms with Gasteiger partial charge in [-0.15, -0.1) is 0 Å². The van der Waals surface area contributed by atoms with Crippen molar-refractivity contribution in [3.63, 3.8) is 0 Å². The van der Waals surface area contributed by atoms with Gasteiger partial charge in [-0.3, -0.25) is 0 Å². The molecule has 0 aliphatic carbocycles. The number of para-hydroxylation sites is 1. The SMILES string of the molecule is N#CC(c1ccccc1)c1ccc(Oc2ccccc2)cc1. The van der Waals surface area contributed by atoms with Crippen LogP contribution in [0.3, 0.4) is 0 Å². The van der Waals surface area contributed by atoms with Gasteiger partial charge in [0, 0.05) is 0 Å². The van der Waals surface area contributed by atoms with Gasteiger partial charge >= 0.3 is 0 Å². The molecule has 0 saturated carbocycles. The Kier molecular flexibility index (Phi) is 4.17. The molecule has 2 heteroatoms. The summed E-state index contributed by atoms with van der Waals surface area (Å²) in [5.74, 6) is 1.31. The zero-order chi connectivity index (χ0) is 15.2. The fourth-order valence-electron chi connectivity index (χ4n) is 2.34. The zero-order valence-electron chi connectivity index (χ0n) is 12.0. The van der Waals surface area contributed by atoms with E-state index in [2.05, 4.69) is 6.07 Å². The van der Waals surface area contributed by atoms with Crippen molar-refractivity contribution in [3.8, 4) is 17.6 Å². The molecule has 22 heavy (non-hydrogen) atoms. The number of nitriles is 1. The number of benzene rings is 3. The molecule has 0 fully saturated rings. The van der Waals surface area contributed by atoms with Crippen LogP contribution in [-0.2, 0) is 0 Å². The second kappa shape index (κ2) is 6.60. The van der Waals surface area contributed by atoms with Crippen LogP contribution >= 0.6 is 0 Å². The molecule has 0 aliphatic heterocycles. The van der Waals surface area contributed by atoms with Crippen LogP contribution in [0.25, 0.3) is 0 Å². The molecule has 106 valence electrons. The van der Waals surface area contributed by atoms with Gasteiger partial charge in [0.1, 0.15) is 11.5 Å². The molecule has 3 aromatic rings. The average molecular weight is 285 g/mol. The van der Waals surface area contributed by atoms with Crippen molar-refractivity contribution < 1.29 is 4.74 Å². The summed E-state index contributed by atoms with van der Waals surface area (Å²) in [4.78, 5) is 0. The Morgan fingerprint density at radius 3 is 1.73 bits per heavy atom. The van der Waals surface area contributed by atoms with Crippen molar-refractivity contribution >= 4 is 0 Å². The Morgan fingerprint density at radius 1 is 0.636 bits per heavy atom. The highest BCUT2D eigenvalue weighted by atomic mass is 16.5. The van der Waals surface area contributed by atoms with Crippen molar-refractivity contribution in [1.82, 2.24) is 0 Å². The highest BCUT2D eigenvalue weighted by Gasteiger charge is 2.12. The van der Waals surface area contributed by atoms with Gasteiger partial charge in [-0.2, -0.15) is 5.26 Å². The molecule has 3 aromatic carbocycles. The maximum absolute atomic E-state index is 9.46. The van der Waals surface area contributed by atoms with Gasteiger partial charge in [0.25, 0.3) is 0 Å². The lowest BCUT2D eigenvalue weighted by atomic mass is 9.93. The predicted octanol–water partition coefficient (Wildman–Crippen LogP) is 5.13. The smallest absolute Gasteiger partial charge is 0.127 e. The minimum atomic E-state index is -0.257. The van der Waals surface area contributed by atoms with E-state index in [1.165, 1.54) is 0 Å². The van der Waals surface area contributed by atoms with Gasteiger partial charge in [-0.1, -0.05) is 60.7 Å². The van der Waals surface area contributed by atoms with Gasteiger partial charge in [-0.05, 0) is 35.4 Å². The third kappa shape index (κ3) is 3.16. The first-order valence-electron chi connectivity index (χ1n) is 7.14. The Labute approximate surface area is 130 Å². The molecule has 1 atom stereocenters. The molecule has 0 N–H and O–H groups in total. The van der Waals surface area contributed by atoms with Crippen LogP contribution in [0.1, 0.15) is 17.0 Å². The Morgan fingerprint density at radius 2 is 1.14 bits per heavy atom. The van der Waals surface area contributed by atoms with E-state index in [4.69, 9.17) is 4.74 Å². The lowest BCUT2D eigenvalue weighted by molar-refractivity contribution is 0.482. The fraction of sp³-hybridized carbons (Fsp3) is 0.0500. The third-order valence-corrected chi connectivity index (χ3v) is 3.45. The molecule has 0 saturated heterocycles. The molecule has 0 amide bonds. The summed E-state index contributed by atoms with van der Waals surface area (Å²) in [6.07, 6.45) is 0. The lowest BCUT2D eigenvalue weighted by Crippen LogP contribution is -1.97. The van der Waals surface area contributed by atoms with Crippen LogP contribution in [0.5, 0.6) is 11.5 Å². The average Bonchev–Trinajstić information content (AvgIpc) is 2.59.